The topological polar surface area (TPSA) is 44.5 Å². The smallest absolute Gasteiger partial charge is 0.131 e. The fourth-order valence-corrected chi connectivity index (χ4v) is 1.33. The first-order valence-corrected chi connectivity index (χ1v) is 5.40. The third-order valence-corrected chi connectivity index (χ3v) is 2.16. The van der Waals surface area contributed by atoms with Gasteiger partial charge in [0.15, 0.2) is 0 Å². The molecule has 0 heterocycles. The summed E-state index contributed by atoms with van der Waals surface area (Å²) in [6.45, 7) is 5.24. The summed E-state index contributed by atoms with van der Waals surface area (Å²) in [5, 5.41) is 0. The van der Waals surface area contributed by atoms with E-state index in [2.05, 4.69) is 0 Å². The maximum atomic E-state index is 13.5. The molecule has 0 spiro atoms. The van der Waals surface area contributed by atoms with Crippen molar-refractivity contribution in [1.82, 2.24) is 0 Å². The van der Waals surface area contributed by atoms with E-state index in [1.807, 2.05) is 6.92 Å². The van der Waals surface area contributed by atoms with E-state index < -0.39 is 0 Å². The van der Waals surface area contributed by atoms with Crippen LogP contribution in [0.2, 0.25) is 0 Å². The Hall–Kier alpha value is -1.13. The summed E-state index contributed by atoms with van der Waals surface area (Å²) in [7, 11) is 0. The molecule has 1 rings (SSSR count). The average Bonchev–Trinajstić information content (AvgIpc) is 2.24. The Morgan fingerprint density at radius 2 is 2.12 bits per heavy atom. The van der Waals surface area contributed by atoms with Crippen LogP contribution in [-0.4, -0.2) is 19.8 Å². The van der Waals surface area contributed by atoms with Gasteiger partial charge in [-0.25, -0.2) is 4.39 Å². The van der Waals surface area contributed by atoms with Gasteiger partial charge in [-0.2, -0.15) is 0 Å². The van der Waals surface area contributed by atoms with Crippen LogP contribution in [0.5, 0.6) is 5.75 Å². The van der Waals surface area contributed by atoms with Crippen LogP contribution >= 0.6 is 0 Å². The minimum atomic E-state index is -0.330. The monoisotopic (exact) mass is 227 g/mol. The molecule has 2 N–H and O–H groups in total. The van der Waals surface area contributed by atoms with Gasteiger partial charge < -0.3 is 15.2 Å². The van der Waals surface area contributed by atoms with Gasteiger partial charge in [0.05, 0.1) is 6.61 Å². The van der Waals surface area contributed by atoms with Crippen molar-refractivity contribution >= 4 is 0 Å². The van der Waals surface area contributed by atoms with Gasteiger partial charge in [-0.15, -0.1) is 0 Å². The van der Waals surface area contributed by atoms with Crippen LogP contribution < -0.4 is 10.5 Å². The zero-order valence-electron chi connectivity index (χ0n) is 9.70. The molecule has 1 aromatic carbocycles. The fourth-order valence-electron chi connectivity index (χ4n) is 1.33. The predicted molar refractivity (Wildman–Crippen MR) is 61.0 cm³/mol. The van der Waals surface area contributed by atoms with Crippen LogP contribution in [0.1, 0.15) is 25.5 Å². The second kappa shape index (κ2) is 6.45. The molecule has 4 heteroatoms. The molecule has 0 radical (unpaired) electrons. The number of hydrogen-bond donors (Lipinski definition) is 1. The first-order valence-electron chi connectivity index (χ1n) is 5.40. The maximum absolute atomic E-state index is 13.5. The van der Waals surface area contributed by atoms with E-state index in [0.29, 0.717) is 31.1 Å². The molecular weight excluding hydrogens is 209 g/mol. The van der Waals surface area contributed by atoms with Crippen molar-refractivity contribution in [2.45, 2.75) is 19.9 Å². The van der Waals surface area contributed by atoms with Crippen molar-refractivity contribution in [2.24, 2.45) is 5.73 Å². The molecule has 1 unspecified atom stereocenters. The quantitative estimate of drug-likeness (QED) is 0.758. The summed E-state index contributed by atoms with van der Waals surface area (Å²) in [5.74, 6) is 0.172. The fraction of sp³-hybridized carbons (Fsp3) is 0.500. The number of halogens is 1. The lowest BCUT2D eigenvalue weighted by atomic mass is 10.1. The molecule has 0 amide bonds. The van der Waals surface area contributed by atoms with E-state index >= 15 is 0 Å². The average molecular weight is 227 g/mol. The minimum absolute atomic E-state index is 0.308. The molecule has 0 aliphatic carbocycles. The van der Waals surface area contributed by atoms with Crippen LogP contribution in [-0.2, 0) is 4.74 Å². The molecule has 90 valence electrons. The number of rotatable bonds is 6. The predicted octanol–water partition coefficient (Wildman–Crippen LogP) is 2.26. The second-order valence-corrected chi connectivity index (χ2v) is 3.52. The first kappa shape index (κ1) is 12.9. The summed E-state index contributed by atoms with van der Waals surface area (Å²) in [6, 6.07) is 4.41. The van der Waals surface area contributed by atoms with Crippen LogP contribution in [0, 0.1) is 5.82 Å². The van der Waals surface area contributed by atoms with E-state index in [0.717, 1.165) is 0 Å². The Morgan fingerprint density at radius 1 is 1.38 bits per heavy atom. The number of benzene rings is 1. The van der Waals surface area contributed by atoms with Gasteiger partial charge in [0.2, 0.25) is 0 Å². The summed E-state index contributed by atoms with van der Waals surface area (Å²) in [6.07, 6.45) is 0. The van der Waals surface area contributed by atoms with Crippen molar-refractivity contribution in [3.63, 3.8) is 0 Å². The summed E-state index contributed by atoms with van der Waals surface area (Å²) in [4.78, 5) is 0. The highest BCUT2D eigenvalue weighted by Crippen LogP contribution is 2.20. The highest BCUT2D eigenvalue weighted by Gasteiger charge is 2.07. The highest BCUT2D eigenvalue weighted by molar-refractivity contribution is 5.30. The van der Waals surface area contributed by atoms with Crippen molar-refractivity contribution in [3.8, 4) is 5.75 Å². The van der Waals surface area contributed by atoms with Gasteiger partial charge >= 0.3 is 0 Å². The summed E-state index contributed by atoms with van der Waals surface area (Å²) >= 11 is 0. The van der Waals surface area contributed by atoms with Gasteiger partial charge in [0.1, 0.15) is 18.2 Å². The number of hydrogen-bond acceptors (Lipinski definition) is 3. The van der Waals surface area contributed by atoms with E-state index in [9.17, 15) is 4.39 Å². The van der Waals surface area contributed by atoms with Gasteiger partial charge in [-0.3, -0.25) is 0 Å². The summed E-state index contributed by atoms with van der Waals surface area (Å²) in [5.41, 5.74) is 6.10. The Morgan fingerprint density at radius 3 is 2.69 bits per heavy atom. The van der Waals surface area contributed by atoms with Crippen molar-refractivity contribution < 1.29 is 13.9 Å². The Balaban J connectivity index is 2.53. The zero-order chi connectivity index (χ0) is 12.0. The molecule has 0 fully saturated rings. The van der Waals surface area contributed by atoms with Crippen LogP contribution in [0.15, 0.2) is 18.2 Å². The minimum Gasteiger partial charge on any atom is -0.491 e. The SMILES string of the molecule is CCOCCOc1ccc(C(C)N)c(F)c1. The van der Waals surface area contributed by atoms with Gasteiger partial charge in [-0.1, -0.05) is 6.07 Å². The maximum Gasteiger partial charge on any atom is 0.131 e. The molecule has 0 aromatic heterocycles. The molecule has 0 saturated heterocycles. The molecule has 3 nitrogen and oxygen atoms in total. The van der Waals surface area contributed by atoms with Crippen molar-refractivity contribution in [1.29, 1.82) is 0 Å². The normalized spacial score (nSPS) is 12.5. The highest BCUT2D eigenvalue weighted by atomic mass is 19.1. The van der Waals surface area contributed by atoms with Crippen molar-refractivity contribution in [2.75, 3.05) is 19.8 Å². The Bertz CT molecular complexity index is 329. The lowest BCUT2D eigenvalue weighted by Crippen LogP contribution is -2.09. The van der Waals surface area contributed by atoms with E-state index in [-0.39, 0.29) is 11.9 Å². The molecular formula is C12H18FNO2. The molecule has 1 aromatic rings. The van der Waals surface area contributed by atoms with Crippen LogP contribution in [0.25, 0.3) is 0 Å². The number of ether oxygens (including phenoxy) is 2. The Labute approximate surface area is 95.4 Å². The van der Waals surface area contributed by atoms with E-state index in [1.165, 1.54) is 6.07 Å². The van der Waals surface area contributed by atoms with Crippen LogP contribution in [0.3, 0.4) is 0 Å². The third kappa shape index (κ3) is 3.79. The van der Waals surface area contributed by atoms with Crippen LogP contribution in [0.4, 0.5) is 4.39 Å². The molecule has 16 heavy (non-hydrogen) atoms. The molecule has 0 aliphatic rings. The molecule has 0 aliphatic heterocycles. The second-order valence-electron chi connectivity index (χ2n) is 3.52. The van der Waals surface area contributed by atoms with Crippen molar-refractivity contribution in [3.05, 3.63) is 29.6 Å². The molecule has 1 atom stereocenters. The first-order chi connectivity index (χ1) is 7.65. The lowest BCUT2D eigenvalue weighted by molar-refractivity contribution is 0.110. The lowest BCUT2D eigenvalue weighted by Gasteiger charge is -2.10. The molecule has 0 bridgehead atoms. The zero-order valence-corrected chi connectivity index (χ0v) is 9.70. The molecule has 0 saturated carbocycles. The van der Waals surface area contributed by atoms with E-state index in [4.69, 9.17) is 15.2 Å². The van der Waals surface area contributed by atoms with Gasteiger partial charge in [0, 0.05) is 24.3 Å². The number of nitrogens with two attached hydrogens (primary N) is 1. The largest absolute Gasteiger partial charge is 0.491 e. The Kier molecular flexibility index (Phi) is 5.22. The van der Waals surface area contributed by atoms with Gasteiger partial charge in [0.25, 0.3) is 0 Å². The third-order valence-electron chi connectivity index (χ3n) is 2.16. The standard InChI is InChI=1S/C12H18FNO2/c1-3-15-6-7-16-10-4-5-11(9(2)14)12(13)8-10/h4-5,8-9H,3,6-7,14H2,1-2H3. The van der Waals surface area contributed by atoms with E-state index in [1.54, 1.807) is 19.1 Å². The van der Waals surface area contributed by atoms with Gasteiger partial charge in [-0.05, 0) is 19.9 Å². The summed E-state index contributed by atoms with van der Waals surface area (Å²) < 4.78 is 23.9.